The molecule has 0 saturated carbocycles. The number of hydrogen-bond donors (Lipinski definition) is 0. The second kappa shape index (κ2) is 24.8. The van der Waals surface area contributed by atoms with E-state index in [9.17, 15) is 0 Å². The SMILES string of the molecule is CCCCCCCCCCCCCCCCCC1OCC(COCCCCCCCCN2C=CSC2)O1. The summed E-state index contributed by atoms with van der Waals surface area (Å²) in [5.41, 5.74) is 0. The second-order valence-corrected chi connectivity index (χ2v) is 12.2. The van der Waals surface area contributed by atoms with E-state index in [0.717, 1.165) is 18.9 Å². The smallest absolute Gasteiger partial charge is 0.158 e. The molecule has 2 aliphatic rings. The summed E-state index contributed by atoms with van der Waals surface area (Å²) >= 11 is 1.90. The van der Waals surface area contributed by atoms with Gasteiger partial charge in [-0.25, -0.2) is 0 Å². The van der Waals surface area contributed by atoms with E-state index in [1.165, 1.54) is 141 Å². The Morgan fingerprint density at radius 3 is 1.89 bits per heavy atom. The summed E-state index contributed by atoms with van der Waals surface area (Å²) in [4.78, 5) is 2.42. The molecule has 1 saturated heterocycles. The van der Waals surface area contributed by atoms with E-state index in [4.69, 9.17) is 14.2 Å². The highest BCUT2D eigenvalue weighted by molar-refractivity contribution is 8.02. The summed E-state index contributed by atoms with van der Waals surface area (Å²) in [6.45, 7) is 5.77. The molecule has 1 fully saturated rings. The zero-order valence-corrected chi connectivity index (χ0v) is 25.3. The number of ether oxygens (including phenoxy) is 3. The van der Waals surface area contributed by atoms with Gasteiger partial charge in [-0.15, -0.1) is 11.8 Å². The van der Waals surface area contributed by atoms with Crippen LogP contribution < -0.4 is 0 Å². The van der Waals surface area contributed by atoms with Crippen molar-refractivity contribution in [1.82, 2.24) is 4.90 Å². The van der Waals surface area contributed by atoms with Crippen LogP contribution in [0.25, 0.3) is 0 Å². The Labute approximate surface area is 235 Å². The molecule has 218 valence electrons. The lowest BCUT2D eigenvalue weighted by Gasteiger charge is -2.13. The third-order valence-electron chi connectivity index (χ3n) is 7.75. The lowest BCUT2D eigenvalue weighted by Crippen LogP contribution is -2.19. The van der Waals surface area contributed by atoms with E-state index in [-0.39, 0.29) is 12.4 Å². The molecule has 2 heterocycles. The molecule has 0 aromatic rings. The van der Waals surface area contributed by atoms with Gasteiger partial charge in [-0.1, -0.05) is 122 Å². The summed E-state index contributed by atoms with van der Waals surface area (Å²) < 4.78 is 17.8. The summed E-state index contributed by atoms with van der Waals surface area (Å²) in [5, 5.41) is 2.20. The van der Waals surface area contributed by atoms with E-state index in [1.807, 2.05) is 11.8 Å². The molecule has 0 amide bonds. The van der Waals surface area contributed by atoms with Crippen LogP contribution in [0.5, 0.6) is 0 Å². The van der Waals surface area contributed by atoms with Crippen LogP contribution in [0.15, 0.2) is 11.6 Å². The van der Waals surface area contributed by atoms with Gasteiger partial charge in [-0.3, -0.25) is 0 Å². The summed E-state index contributed by atoms with van der Waals surface area (Å²) in [6.07, 6.45) is 32.3. The van der Waals surface area contributed by atoms with Crippen molar-refractivity contribution < 1.29 is 14.2 Å². The normalized spacial score (nSPS) is 19.4. The van der Waals surface area contributed by atoms with E-state index < -0.39 is 0 Å². The van der Waals surface area contributed by atoms with Crippen LogP contribution in [0.3, 0.4) is 0 Å². The monoisotopic (exact) mass is 539 g/mol. The Morgan fingerprint density at radius 1 is 0.730 bits per heavy atom. The third kappa shape index (κ3) is 19.5. The van der Waals surface area contributed by atoms with Crippen molar-refractivity contribution in [3.8, 4) is 0 Å². The zero-order chi connectivity index (χ0) is 26.1. The molecule has 0 aromatic carbocycles. The van der Waals surface area contributed by atoms with Crippen molar-refractivity contribution in [3.05, 3.63) is 11.6 Å². The summed E-state index contributed by atoms with van der Waals surface area (Å²) in [7, 11) is 0. The second-order valence-electron chi connectivity index (χ2n) is 11.3. The van der Waals surface area contributed by atoms with Gasteiger partial charge in [0.25, 0.3) is 0 Å². The highest BCUT2D eigenvalue weighted by Gasteiger charge is 2.25. The van der Waals surface area contributed by atoms with Gasteiger partial charge in [0.1, 0.15) is 6.10 Å². The van der Waals surface area contributed by atoms with Gasteiger partial charge in [-0.2, -0.15) is 0 Å². The highest BCUT2D eigenvalue weighted by atomic mass is 32.2. The molecule has 0 aromatic heterocycles. The Kier molecular flexibility index (Phi) is 22.1. The fraction of sp³-hybridized carbons (Fsp3) is 0.938. The van der Waals surface area contributed by atoms with Gasteiger partial charge in [0.05, 0.1) is 19.1 Å². The van der Waals surface area contributed by atoms with E-state index in [0.29, 0.717) is 13.2 Å². The minimum absolute atomic E-state index is 0.00483. The average molecular weight is 540 g/mol. The van der Waals surface area contributed by atoms with Crippen molar-refractivity contribution in [2.24, 2.45) is 0 Å². The Balaban J connectivity index is 1.24. The van der Waals surface area contributed by atoms with Crippen molar-refractivity contribution in [2.75, 3.05) is 32.2 Å². The molecule has 2 aliphatic heterocycles. The predicted molar refractivity (Wildman–Crippen MR) is 161 cm³/mol. The fourth-order valence-electron chi connectivity index (χ4n) is 5.32. The van der Waals surface area contributed by atoms with Crippen LogP contribution >= 0.6 is 11.8 Å². The number of unbranched alkanes of at least 4 members (excludes halogenated alkanes) is 19. The van der Waals surface area contributed by atoms with Crippen LogP contribution in [-0.2, 0) is 14.2 Å². The molecule has 2 atom stereocenters. The molecular weight excluding hydrogens is 478 g/mol. The Hall–Kier alpha value is -0.230. The number of rotatable bonds is 27. The minimum atomic E-state index is 0.00483. The van der Waals surface area contributed by atoms with Gasteiger partial charge in [0.15, 0.2) is 6.29 Å². The largest absolute Gasteiger partial charge is 0.379 e. The van der Waals surface area contributed by atoms with Gasteiger partial charge >= 0.3 is 0 Å². The lowest BCUT2D eigenvalue weighted by molar-refractivity contribution is -0.0761. The predicted octanol–water partition coefficient (Wildman–Crippen LogP) is 9.82. The molecule has 4 nitrogen and oxygen atoms in total. The first-order valence-corrected chi connectivity index (χ1v) is 17.3. The van der Waals surface area contributed by atoms with Crippen molar-refractivity contribution in [3.63, 3.8) is 0 Å². The standard InChI is InChI=1S/C32H61NO3S/c1-2-3-4-5-6-7-8-9-10-11-12-13-14-17-20-23-32-35-29-31(36-32)28-34-26-22-19-16-15-18-21-24-33-25-27-37-30-33/h25,27,31-32H,2-24,26,28-30H2,1H3. The highest BCUT2D eigenvalue weighted by Crippen LogP contribution is 2.20. The van der Waals surface area contributed by atoms with Gasteiger partial charge in [0.2, 0.25) is 0 Å². The summed E-state index contributed by atoms with van der Waals surface area (Å²) in [5.74, 6) is 1.15. The quantitative estimate of drug-likeness (QED) is 0.0969. The Bertz CT molecular complexity index is 518. The average Bonchev–Trinajstić information content (AvgIpc) is 3.60. The van der Waals surface area contributed by atoms with Crippen LogP contribution in [0.4, 0.5) is 0 Å². The van der Waals surface area contributed by atoms with E-state index >= 15 is 0 Å². The maximum Gasteiger partial charge on any atom is 0.158 e. The van der Waals surface area contributed by atoms with Crippen LogP contribution in [0.1, 0.15) is 148 Å². The number of thioether (sulfide) groups is 1. The van der Waals surface area contributed by atoms with Crippen LogP contribution in [0, 0.1) is 0 Å². The first kappa shape index (κ1) is 33.0. The molecule has 0 radical (unpaired) electrons. The molecule has 0 bridgehead atoms. The molecule has 37 heavy (non-hydrogen) atoms. The summed E-state index contributed by atoms with van der Waals surface area (Å²) in [6, 6.07) is 0. The van der Waals surface area contributed by atoms with Gasteiger partial charge in [-0.05, 0) is 31.1 Å². The first-order chi connectivity index (χ1) is 18.4. The van der Waals surface area contributed by atoms with Crippen molar-refractivity contribution >= 4 is 11.8 Å². The number of nitrogens with zero attached hydrogens (tertiary/aromatic N) is 1. The molecule has 2 unspecified atom stereocenters. The maximum absolute atomic E-state index is 6.04. The van der Waals surface area contributed by atoms with E-state index in [2.05, 4.69) is 23.4 Å². The first-order valence-electron chi connectivity index (χ1n) is 16.3. The van der Waals surface area contributed by atoms with Crippen molar-refractivity contribution in [2.45, 2.75) is 161 Å². The fourth-order valence-corrected chi connectivity index (χ4v) is 6.07. The third-order valence-corrected chi connectivity index (χ3v) is 8.55. The molecule has 0 N–H and O–H groups in total. The van der Waals surface area contributed by atoms with Gasteiger partial charge in [0, 0.05) is 19.4 Å². The topological polar surface area (TPSA) is 30.9 Å². The van der Waals surface area contributed by atoms with Crippen molar-refractivity contribution in [1.29, 1.82) is 0 Å². The molecular formula is C32H61NO3S. The molecule has 2 rings (SSSR count). The van der Waals surface area contributed by atoms with Crippen LogP contribution in [0.2, 0.25) is 0 Å². The Morgan fingerprint density at radius 2 is 1.30 bits per heavy atom. The molecule has 0 spiro atoms. The van der Waals surface area contributed by atoms with E-state index in [1.54, 1.807) is 0 Å². The zero-order valence-electron chi connectivity index (χ0n) is 24.5. The lowest BCUT2D eigenvalue weighted by atomic mass is 10.0. The van der Waals surface area contributed by atoms with Crippen LogP contribution in [-0.4, -0.2) is 49.5 Å². The maximum atomic E-state index is 6.04. The number of hydrogen-bond acceptors (Lipinski definition) is 5. The molecule has 0 aliphatic carbocycles. The van der Waals surface area contributed by atoms with Gasteiger partial charge < -0.3 is 19.1 Å². The molecule has 5 heteroatoms. The minimum Gasteiger partial charge on any atom is -0.379 e.